The minimum atomic E-state index is -4.74. The van der Waals surface area contributed by atoms with Gasteiger partial charge in [0.1, 0.15) is 17.8 Å². The van der Waals surface area contributed by atoms with E-state index < -0.39 is 6.36 Å². The largest absolute Gasteiger partial charge is 0.573 e. The molecule has 0 unspecified atom stereocenters. The molecule has 0 radical (unpaired) electrons. The van der Waals surface area contributed by atoms with Gasteiger partial charge in [-0.05, 0) is 72.4 Å². The van der Waals surface area contributed by atoms with Gasteiger partial charge in [0.05, 0.1) is 18.5 Å². The van der Waals surface area contributed by atoms with Crippen molar-refractivity contribution in [2.75, 3.05) is 19.4 Å². The molecular weight excluding hydrogens is 617 g/mol. The van der Waals surface area contributed by atoms with E-state index >= 15 is 0 Å². The summed E-state index contributed by atoms with van der Waals surface area (Å²) >= 11 is 1.46. The summed E-state index contributed by atoms with van der Waals surface area (Å²) in [6.45, 7) is 6.73. The molecular formula is C33H37F3N6O3S. The topological polar surface area (TPSA) is 103 Å². The van der Waals surface area contributed by atoms with Crippen LogP contribution < -0.4 is 20.1 Å². The van der Waals surface area contributed by atoms with E-state index in [1.807, 2.05) is 49.4 Å². The summed E-state index contributed by atoms with van der Waals surface area (Å²) < 4.78 is 48.0. The van der Waals surface area contributed by atoms with Crippen LogP contribution in [0.15, 0.2) is 78.0 Å². The zero-order valence-corrected chi connectivity index (χ0v) is 26.9. The summed E-state index contributed by atoms with van der Waals surface area (Å²) in [6.07, 6.45) is -0.721. The molecule has 0 bridgehead atoms. The van der Waals surface area contributed by atoms with E-state index in [1.54, 1.807) is 7.11 Å². The smallest absolute Gasteiger partial charge is 0.497 e. The van der Waals surface area contributed by atoms with Crippen molar-refractivity contribution in [2.24, 2.45) is 4.99 Å². The van der Waals surface area contributed by atoms with E-state index in [2.05, 4.69) is 39.3 Å². The summed E-state index contributed by atoms with van der Waals surface area (Å²) in [4.78, 5) is 21.7. The van der Waals surface area contributed by atoms with Gasteiger partial charge in [-0.2, -0.15) is 0 Å². The van der Waals surface area contributed by atoms with Crippen molar-refractivity contribution in [3.63, 3.8) is 0 Å². The lowest BCUT2D eigenvalue weighted by Crippen LogP contribution is -2.38. The second kappa shape index (κ2) is 16.2. The zero-order chi connectivity index (χ0) is 33.1. The Kier molecular flexibility index (Phi) is 12.1. The van der Waals surface area contributed by atoms with E-state index in [4.69, 9.17) is 9.73 Å². The Morgan fingerprint density at radius 3 is 2.39 bits per heavy atom. The molecule has 0 aliphatic carbocycles. The number of rotatable bonds is 12. The maximum absolute atomic E-state index is 12.6. The number of carbonyl (C=O) groups is 1. The van der Waals surface area contributed by atoms with Gasteiger partial charge >= 0.3 is 12.4 Å². The van der Waals surface area contributed by atoms with Crippen molar-refractivity contribution < 1.29 is 27.4 Å². The molecule has 0 saturated heterocycles. The van der Waals surface area contributed by atoms with Crippen LogP contribution in [-0.4, -0.2) is 51.7 Å². The predicted octanol–water partition coefficient (Wildman–Crippen LogP) is 8.03. The van der Waals surface area contributed by atoms with E-state index in [0.29, 0.717) is 29.0 Å². The molecule has 3 aromatic carbocycles. The third-order valence-corrected chi connectivity index (χ3v) is 7.56. The molecule has 0 aliphatic heterocycles. The highest BCUT2D eigenvalue weighted by atomic mass is 32.2. The van der Waals surface area contributed by atoms with Gasteiger partial charge in [0.25, 0.3) is 0 Å². The van der Waals surface area contributed by atoms with Gasteiger partial charge in [0.15, 0.2) is 11.0 Å². The first-order valence-corrected chi connectivity index (χ1v) is 15.8. The number of amidine groups is 1. The molecule has 2 amide bonds. The first kappa shape index (κ1) is 34.4. The SMILES string of the molecule is CCSC(=Nc1cc(OC)ccc1C(C)C)NC(=O)NCCCCc1ccc(-c2ncn(-c3ccc(OC(F)(F)F)cc3)n2)cc1. The molecule has 0 saturated carbocycles. The maximum atomic E-state index is 12.6. The van der Waals surface area contributed by atoms with Gasteiger partial charge in [0.2, 0.25) is 0 Å². The molecule has 13 heteroatoms. The zero-order valence-electron chi connectivity index (χ0n) is 26.1. The standard InChI is InChI=1S/C33H37F3N6O3S/c1-5-46-32(39-29-20-27(44-4)17-18-28(29)22(2)3)40-31(43)37-19-7-6-8-23-9-11-24(12-10-23)30-38-21-42(41-30)25-13-15-26(16-14-25)45-33(34,35)36/h9-18,20-22H,5-8,19H2,1-4H3,(H2,37,39,40,43). The van der Waals surface area contributed by atoms with Crippen molar-refractivity contribution >= 4 is 28.6 Å². The number of methoxy groups -OCH3 is 1. The number of benzene rings is 3. The summed E-state index contributed by atoms with van der Waals surface area (Å²) in [5.74, 6) is 1.92. The number of ether oxygens (including phenoxy) is 2. The fourth-order valence-electron chi connectivity index (χ4n) is 4.52. The molecule has 1 aromatic heterocycles. The van der Waals surface area contributed by atoms with Crippen LogP contribution in [0.1, 0.15) is 50.7 Å². The molecule has 0 fully saturated rings. The maximum Gasteiger partial charge on any atom is 0.573 e. The molecule has 4 aromatic rings. The number of alkyl halides is 3. The van der Waals surface area contributed by atoms with Crippen molar-refractivity contribution in [1.29, 1.82) is 0 Å². The fraction of sp³-hybridized carbons (Fsp3) is 0.333. The van der Waals surface area contributed by atoms with Gasteiger partial charge in [-0.3, -0.25) is 5.32 Å². The van der Waals surface area contributed by atoms with Crippen molar-refractivity contribution in [2.45, 2.75) is 52.3 Å². The molecule has 0 aliphatic rings. The predicted molar refractivity (Wildman–Crippen MR) is 175 cm³/mol. The van der Waals surface area contributed by atoms with E-state index in [-0.39, 0.29) is 17.7 Å². The van der Waals surface area contributed by atoms with Crippen LogP contribution >= 0.6 is 11.8 Å². The molecule has 4 rings (SSSR count). The highest BCUT2D eigenvalue weighted by Crippen LogP contribution is 2.31. The number of hydrogen-bond acceptors (Lipinski definition) is 7. The molecule has 0 spiro atoms. The van der Waals surface area contributed by atoms with Gasteiger partial charge in [-0.15, -0.1) is 18.3 Å². The number of nitrogens with zero attached hydrogens (tertiary/aromatic N) is 4. The number of aryl methyl sites for hydroxylation is 1. The molecule has 244 valence electrons. The Morgan fingerprint density at radius 2 is 1.74 bits per heavy atom. The highest BCUT2D eigenvalue weighted by Gasteiger charge is 2.31. The van der Waals surface area contributed by atoms with E-state index in [1.165, 1.54) is 47.0 Å². The van der Waals surface area contributed by atoms with Gasteiger partial charge in [-0.25, -0.2) is 19.5 Å². The van der Waals surface area contributed by atoms with Crippen molar-refractivity contribution in [1.82, 2.24) is 25.4 Å². The summed E-state index contributed by atoms with van der Waals surface area (Å²) in [5, 5.41) is 10.8. The van der Waals surface area contributed by atoms with Gasteiger partial charge in [0, 0.05) is 18.2 Å². The van der Waals surface area contributed by atoms with Crippen LogP contribution in [0.25, 0.3) is 17.1 Å². The second-order valence-electron chi connectivity index (χ2n) is 10.5. The summed E-state index contributed by atoms with van der Waals surface area (Å²) in [6, 6.07) is 18.8. The average Bonchev–Trinajstić information content (AvgIpc) is 3.51. The fourth-order valence-corrected chi connectivity index (χ4v) is 5.12. The summed E-state index contributed by atoms with van der Waals surface area (Å²) in [5.41, 5.74) is 4.35. The minimum Gasteiger partial charge on any atom is -0.497 e. The second-order valence-corrected chi connectivity index (χ2v) is 11.8. The van der Waals surface area contributed by atoms with Crippen LogP contribution in [0.2, 0.25) is 0 Å². The first-order chi connectivity index (χ1) is 22.0. The average molecular weight is 655 g/mol. The van der Waals surface area contributed by atoms with Crippen LogP contribution in [0.4, 0.5) is 23.7 Å². The Bertz CT molecular complexity index is 1610. The molecule has 0 atom stereocenters. The molecule has 46 heavy (non-hydrogen) atoms. The Balaban J connectivity index is 1.24. The number of aliphatic imine (C=N–C) groups is 1. The van der Waals surface area contributed by atoms with Crippen LogP contribution in [0.5, 0.6) is 11.5 Å². The van der Waals surface area contributed by atoms with Gasteiger partial charge < -0.3 is 14.8 Å². The van der Waals surface area contributed by atoms with Crippen LogP contribution in [0.3, 0.4) is 0 Å². The number of unbranched alkanes of at least 4 members (excludes halogenated alkanes) is 1. The van der Waals surface area contributed by atoms with Crippen LogP contribution in [-0.2, 0) is 6.42 Å². The normalized spacial score (nSPS) is 11.9. The lowest BCUT2D eigenvalue weighted by Gasteiger charge is -2.14. The lowest BCUT2D eigenvalue weighted by molar-refractivity contribution is -0.274. The third-order valence-electron chi connectivity index (χ3n) is 6.80. The van der Waals surface area contributed by atoms with Crippen molar-refractivity contribution in [3.05, 3.63) is 84.2 Å². The number of carbonyl (C=O) groups excluding carboxylic acids is 1. The van der Waals surface area contributed by atoms with E-state index in [9.17, 15) is 18.0 Å². The molecule has 1 heterocycles. The van der Waals surface area contributed by atoms with Crippen LogP contribution in [0, 0.1) is 0 Å². The Labute approximate surface area is 270 Å². The first-order valence-electron chi connectivity index (χ1n) is 14.9. The summed E-state index contributed by atoms with van der Waals surface area (Å²) in [7, 11) is 1.62. The highest BCUT2D eigenvalue weighted by molar-refractivity contribution is 8.13. The number of amides is 2. The Hall–Kier alpha value is -4.52. The third kappa shape index (κ3) is 10.3. The minimum absolute atomic E-state index is 0.266. The number of urea groups is 1. The monoisotopic (exact) mass is 654 g/mol. The number of aromatic nitrogens is 3. The number of halogens is 3. The Morgan fingerprint density at radius 1 is 1.02 bits per heavy atom. The number of hydrogen-bond donors (Lipinski definition) is 2. The lowest BCUT2D eigenvalue weighted by atomic mass is 10.0. The quantitative estimate of drug-likeness (QED) is 0.0911. The van der Waals surface area contributed by atoms with E-state index in [0.717, 1.165) is 47.4 Å². The van der Waals surface area contributed by atoms with Crippen molar-refractivity contribution in [3.8, 4) is 28.6 Å². The molecule has 2 N–H and O–H groups in total. The number of nitrogens with one attached hydrogen (secondary N) is 2. The number of thioether (sulfide) groups is 1. The molecule has 9 nitrogen and oxygen atoms in total. The van der Waals surface area contributed by atoms with Gasteiger partial charge in [-0.1, -0.05) is 62.9 Å².